The predicted molar refractivity (Wildman–Crippen MR) is 77.0 cm³/mol. The molecule has 0 amide bonds. The Bertz CT molecular complexity index is 489. The first-order valence-corrected chi connectivity index (χ1v) is 7.35. The van der Waals surface area contributed by atoms with Crippen molar-refractivity contribution in [2.24, 2.45) is 0 Å². The highest BCUT2D eigenvalue weighted by Gasteiger charge is 2.21. The molecule has 3 rings (SSSR count). The zero-order valence-corrected chi connectivity index (χ0v) is 11.7. The van der Waals surface area contributed by atoms with Crippen LogP contribution in [0, 0.1) is 3.57 Å². The smallest absolute Gasteiger partial charge is 0.0673 e. The van der Waals surface area contributed by atoms with Crippen molar-refractivity contribution < 1.29 is 0 Å². The van der Waals surface area contributed by atoms with Gasteiger partial charge in [-0.2, -0.15) is 0 Å². The molecule has 16 heavy (non-hydrogen) atoms. The van der Waals surface area contributed by atoms with Crippen LogP contribution in [0.2, 0.25) is 0 Å². The van der Waals surface area contributed by atoms with Crippen molar-refractivity contribution in [3.63, 3.8) is 0 Å². The van der Waals surface area contributed by atoms with E-state index in [-0.39, 0.29) is 0 Å². The van der Waals surface area contributed by atoms with E-state index >= 15 is 0 Å². The van der Waals surface area contributed by atoms with Crippen LogP contribution < -0.4 is 5.32 Å². The summed E-state index contributed by atoms with van der Waals surface area (Å²) in [5.74, 6) is 0. The highest BCUT2D eigenvalue weighted by molar-refractivity contribution is 14.1. The molecule has 2 heterocycles. The van der Waals surface area contributed by atoms with Gasteiger partial charge in [-0.1, -0.05) is 12.1 Å². The lowest BCUT2D eigenvalue weighted by Gasteiger charge is -2.24. The third-order valence-electron chi connectivity index (χ3n) is 2.99. The molecule has 0 bridgehead atoms. The predicted octanol–water partition coefficient (Wildman–Crippen LogP) is 3.59. The summed E-state index contributed by atoms with van der Waals surface area (Å²) in [6, 6.07) is 11.5. The van der Waals surface area contributed by atoms with Crippen LogP contribution in [0.3, 0.4) is 0 Å². The fourth-order valence-corrected chi connectivity index (χ4v) is 3.59. The van der Waals surface area contributed by atoms with E-state index in [1.54, 1.807) is 0 Å². The minimum atomic E-state index is 0.403. The minimum absolute atomic E-state index is 0.403. The second-order valence-corrected chi connectivity index (χ2v) is 6.19. The van der Waals surface area contributed by atoms with Gasteiger partial charge in [-0.3, -0.25) is 0 Å². The Morgan fingerprint density at radius 2 is 2.00 bits per heavy atom. The molecule has 1 aromatic carbocycles. The van der Waals surface area contributed by atoms with Gasteiger partial charge in [-0.25, -0.2) is 0 Å². The molecular formula is C13H12INS. The Morgan fingerprint density at radius 1 is 1.19 bits per heavy atom. The molecule has 3 heteroatoms. The average Bonchev–Trinajstić information content (AvgIpc) is 2.78. The number of thiophene rings is 1. The van der Waals surface area contributed by atoms with Crippen molar-refractivity contribution >= 4 is 33.9 Å². The molecule has 0 fully saturated rings. The molecule has 0 saturated carbocycles. The Balaban J connectivity index is 2.00. The van der Waals surface area contributed by atoms with E-state index in [2.05, 4.69) is 63.6 Å². The van der Waals surface area contributed by atoms with Crippen molar-refractivity contribution in [2.45, 2.75) is 12.5 Å². The Kier molecular flexibility index (Phi) is 3.00. The number of fused-ring (bicyclic) bond motifs is 1. The molecule has 1 atom stereocenters. The molecule has 1 aromatic heterocycles. The van der Waals surface area contributed by atoms with Crippen LogP contribution in [0.15, 0.2) is 35.7 Å². The van der Waals surface area contributed by atoms with Gasteiger partial charge in [0.2, 0.25) is 0 Å². The maximum atomic E-state index is 3.61. The quantitative estimate of drug-likeness (QED) is 0.782. The van der Waals surface area contributed by atoms with Crippen LogP contribution in [-0.2, 0) is 6.42 Å². The van der Waals surface area contributed by atoms with Crippen molar-refractivity contribution in [3.05, 3.63) is 55.3 Å². The summed E-state index contributed by atoms with van der Waals surface area (Å²) in [7, 11) is 0. The molecule has 1 unspecified atom stereocenters. The number of benzene rings is 1. The third kappa shape index (κ3) is 1.92. The van der Waals surface area contributed by atoms with Gasteiger partial charge in [-0.15, -0.1) is 11.3 Å². The van der Waals surface area contributed by atoms with Gasteiger partial charge in [0.25, 0.3) is 0 Å². The second kappa shape index (κ2) is 4.47. The molecular weight excluding hydrogens is 329 g/mol. The van der Waals surface area contributed by atoms with Crippen molar-refractivity contribution in [1.82, 2.24) is 5.32 Å². The summed E-state index contributed by atoms with van der Waals surface area (Å²) in [5.41, 5.74) is 2.90. The molecule has 82 valence electrons. The summed E-state index contributed by atoms with van der Waals surface area (Å²) in [5, 5.41) is 5.81. The van der Waals surface area contributed by atoms with Crippen LogP contribution in [-0.4, -0.2) is 6.54 Å². The SMILES string of the molecule is Ic1ccc(C2NCCc3ccsc32)cc1. The topological polar surface area (TPSA) is 12.0 Å². The van der Waals surface area contributed by atoms with Gasteiger partial charge >= 0.3 is 0 Å². The summed E-state index contributed by atoms with van der Waals surface area (Å²) < 4.78 is 1.29. The Labute approximate surface area is 113 Å². The van der Waals surface area contributed by atoms with Crippen LogP contribution >= 0.6 is 33.9 Å². The molecule has 0 aliphatic carbocycles. The lowest BCUT2D eigenvalue weighted by molar-refractivity contribution is 0.578. The van der Waals surface area contributed by atoms with E-state index in [9.17, 15) is 0 Å². The van der Waals surface area contributed by atoms with Crippen LogP contribution in [0.25, 0.3) is 0 Å². The highest BCUT2D eigenvalue weighted by Crippen LogP contribution is 2.32. The number of hydrogen-bond acceptors (Lipinski definition) is 2. The van der Waals surface area contributed by atoms with E-state index in [0.29, 0.717) is 6.04 Å². The molecule has 0 spiro atoms. The molecule has 1 N–H and O–H groups in total. The number of halogens is 1. The van der Waals surface area contributed by atoms with Crippen molar-refractivity contribution in [3.8, 4) is 0 Å². The van der Waals surface area contributed by atoms with Gasteiger partial charge in [0.1, 0.15) is 0 Å². The monoisotopic (exact) mass is 341 g/mol. The molecule has 0 radical (unpaired) electrons. The molecule has 1 aliphatic rings. The summed E-state index contributed by atoms with van der Waals surface area (Å²) in [4.78, 5) is 1.49. The van der Waals surface area contributed by atoms with E-state index in [0.717, 1.165) is 6.54 Å². The molecule has 1 aliphatic heterocycles. The standard InChI is InChI=1S/C13H12INS/c14-11-3-1-9(2-4-11)12-13-10(5-7-15-12)6-8-16-13/h1-4,6,8,12,15H,5,7H2. The zero-order valence-electron chi connectivity index (χ0n) is 8.74. The van der Waals surface area contributed by atoms with E-state index in [1.165, 1.54) is 26.0 Å². The number of rotatable bonds is 1. The zero-order chi connectivity index (χ0) is 11.0. The Hall–Kier alpha value is -0.390. The van der Waals surface area contributed by atoms with Gasteiger partial charge in [-0.05, 0) is 63.7 Å². The van der Waals surface area contributed by atoms with Gasteiger partial charge in [0.05, 0.1) is 6.04 Å². The van der Waals surface area contributed by atoms with Crippen LogP contribution in [0.1, 0.15) is 22.0 Å². The van der Waals surface area contributed by atoms with Crippen molar-refractivity contribution in [2.75, 3.05) is 6.54 Å². The van der Waals surface area contributed by atoms with Gasteiger partial charge in [0, 0.05) is 15.0 Å². The average molecular weight is 341 g/mol. The van der Waals surface area contributed by atoms with Gasteiger partial charge in [0.15, 0.2) is 0 Å². The minimum Gasteiger partial charge on any atom is -0.305 e. The second-order valence-electron chi connectivity index (χ2n) is 4.00. The van der Waals surface area contributed by atoms with E-state index in [4.69, 9.17) is 0 Å². The van der Waals surface area contributed by atoms with E-state index in [1.807, 2.05) is 11.3 Å². The van der Waals surface area contributed by atoms with E-state index < -0.39 is 0 Å². The normalized spacial score (nSPS) is 19.4. The van der Waals surface area contributed by atoms with Gasteiger partial charge < -0.3 is 5.32 Å². The first kappa shape index (κ1) is 10.7. The lowest BCUT2D eigenvalue weighted by Crippen LogP contribution is -2.29. The third-order valence-corrected chi connectivity index (χ3v) is 4.73. The van der Waals surface area contributed by atoms with Crippen LogP contribution in [0.4, 0.5) is 0 Å². The molecule has 2 aromatic rings. The fraction of sp³-hybridized carbons (Fsp3) is 0.231. The first-order valence-electron chi connectivity index (χ1n) is 5.40. The molecule has 0 saturated heterocycles. The Morgan fingerprint density at radius 3 is 2.81 bits per heavy atom. The number of hydrogen-bond donors (Lipinski definition) is 1. The fourth-order valence-electron chi connectivity index (χ4n) is 2.18. The summed E-state index contributed by atoms with van der Waals surface area (Å²) >= 11 is 4.22. The highest BCUT2D eigenvalue weighted by atomic mass is 127. The first-order chi connectivity index (χ1) is 7.84. The number of nitrogens with one attached hydrogen (secondary N) is 1. The lowest BCUT2D eigenvalue weighted by atomic mass is 9.98. The maximum Gasteiger partial charge on any atom is 0.0673 e. The van der Waals surface area contributed by atoms with Crippen LogP contribution in [0.5, 0.6) is 0 Å². The maximum absolute atomic E-state index is 3.61. The van der Waals surface area contributed by atoms with Crippen molar-refractivity contribution in [1.29, 1.82) is 0 Å². The summed E-state index contributed by atoms with van der Waals surface area (Å²) in [6.07, 6.45) is 1.17. The largest absolute Gasteiger partial charge is 0.305 e. The summed E-state index contributed by atoms with van der Waals surface area (Å²) in [6.45, 7) is 1.08. The molecule has 1 nitrogen and oxygen atoms in total.